The van der Waals surface area contributed by atoms with Crippen LogP contribution in [0.4, 0.5) is 10.5 Å². The topological polar surface area (TPSA) is 134 Å². The molecule has 0 saturated carbocycles. The summed E-state index contributed by atoms with van der Waals surface area (Å²) in [4.78, 5) is 56.6. The molecule has 1 saturated heterocycles. The average Bonchev–Trinajstić information content (AvgIpc) is 3.67. The summed E-state index contributed by atoms with van der Waals surface area (Å²) in [5.41, 5.74) is 2.60. The maximum atomic E-state index is 14.3. The number of hydrogen-bond donors (Lipinski definition) is 2. The molecule has 2 N–H and O–H groups in total. The summed E-state index contributed by atoms with van der Waals surface area (Å²) in [6.07, 6.45) is 3.55. The molecule has 1 aliphatic heterocycles. The molecule has 1 aliphatic rings. The van der Waals surface area contributed by atoms with E-state index in [0.717, 1.165) is 11.1 Å². The van der Waals surface area contributed by atoms with Gasteiger partial charge in [0.05, 0.1) is 6.29 Å². The smallest absolute Gasteiger partial charge is 0.410 e. The van der Waals surface area contributed by atoms with Crippen molar-refractivity contribution in [2.45, 2.75) is 83.9 Å². The third kappa shape index (κ3) is 13.5. The fraction of sp³-hybridized carbons (Fsp3) is 0.463. The van der Waals surface area contributed by atoms with Gasteiger partial charge >= 0.3 is 6.09 Å². The lowest BCUT2D eigenvalue weighted by Gasteiger charge is -2.34. The van der Waals surface area contributed by atoms with Crippen molar-refractivity contribution < 1.29 is 33.0 Å². The van der Waals surface area contributed by atoms with Crippen LogP contribution in [0.3, 0.4) is 0 Å². The number of carbonyl (C=O) groups is 4. The van der Waals surface area contributed by atoms with Gasteiger partial charge in [-0.1, -0.05) is 92.7 Å². The molecule has 1 heterocycles. The van der Waals surface area contributed by atoms with Crippen LogP contribution >= 0.6 is 7.37 Å². The van der Waals surface area contributed by atoms with Crippen molar-refractivity contribution in [2.75, 3.05) is 38.0 Å². The summed E-state index contributed by atoms with van der Waals surface area (Å²) in [7, 11) is -2.04. The number of carbonyl (C=O) groups excluding carboxylic acids is 4. The van der Waals surface area contributed by atoms with Crippen LogP contribution in [0.1, 0.15) is 69.9 Å². The van der Waals surface area contributed by atoms with Crippen LogP contribution < -0.4 is 10.6 Å². The summed E-state index contributed by atoms with van der Waals surface area (Å²) >= 11 is 0. The van der Waals surface area contributed by atoms with E-state index in [1.807, 2.05) is 92.7 Å². The first kappa shape index (κ1) is 41.3. The Kier molecular flexibility index (Phi) is 16.6. The van der Waals surface area contributed by atoms with E-state index in [2.05, 4.69) is 10.6 Å². The largest absolute Gasteiger partial charge is 0.445 e. The summed E-state index contributed by atoms with van der Waals surface area (Å²) in [6.45, 7) is 4.89. The zero-order valence-electron chi connectivity index (χ0n) is 31.3. The van der Waals surface area contributed by atoms with Crippen molar-refractivity contribution in [1.29, 1.82) is 0 Å². The number of amides is 4. The van der Waals surface area contributed by atoms with Crippen LogP contribution in [0.2, 0.25) is 0 Å². The fourth-order valence-electron chi connectivity index (χ4n) is 6.47. The number of hydrogen-bond acceptors (Lipinski definition) is 7. The lowest BCUT2D eigenvalue weighted by Crippen LogP contribution is -2.48. The van der Waals surface area contributed by atoms with E-state index < -0.39 is 25.5 Å². The van der Waals surface area contributed by atoms with E-state index in [1.165, 1.54) is 16.9 Å². The molecule has 0 radical (unpaired) electrons. The standard InChI is InChI=1S/C41H55N4O7P/c1-32(2)29-37(40(48)43-35-22-11-6-12-23-35)45(38(46)25-15-21-33-17-7-4-8-18-33)31-53(50,51-3)28-14-13-26-42-39(47)36-24-16-27-44(36)41(49)52-30-34-19-9-5-10-20-34/h4-12,17-20,22-23,32,36-37H,13-16,21,24-31H2,1-3H3,(H,42,47)(H,43,48)/t36-,37-,53+/m0/s1. The Morgan fingerprint density at radius 2 is 1.53 bits per heavy atom. The summed E-state index contributed by atoms with van der Waals surface area (Å²) in [5.74, 6) is -0.755. The van der Waals surface area contributed by atoms with Crippen LogP contribution in [0.5, 0.6) is 0 Å². The predicted octanol–water partition coefficient (Wildman–Crippen LogP) is 7.47. The summed E-state index contributed by atoms with van der Waals surface area (Å²) in [6, 6.07) is 26.9. The summed E-state index contributed by atoms with van der Waals surface area (Å²) in [5, 5.41) is 5.88. The van der Waals surface area contributed by atoms with Gasteiger partial charge in [-0.05, 0) is 74.1 Å². The highest BCUT2D eigenvalue weighted by Crippen LogP contribution is 2.48. The fourth-order valence-corrected chi connectivity index (χ4v) is 8.44. The van der Waals surface area contributed by atoms with E-state index in [0.29, 0.717) is 63.7 Å². The van der Waals surface area contributed by atoms with Gasteiger partial charge in [0.15, 0.2) is 0 Å². The Morgan fingerprint density at radius 1 is 0.887 bits per heavy atom. The van der Waals surface area contributed by atoms with E-state index in [-0.39, 0.29) is 49.1 Å². The molecule has 53 heavy (non-hydrogen) atoms. The lowest BCUT2D eigenvalue weighted by atomic mass is 10.0. The van der Waals surface area contributed by atoms with Gasteiger partial charge in [-0.15, -0.1) is 0 Å². The average molecular weight is 747 g/mol. The summed E-state index contributed by atoms with van der Waals surface area (Å²) < 4.78 is 25.4. The Labute approximate surface area is 314 Å². The van der Waals surface area contributed by atoms with E-state index in [9.17, 15) is 23.7 Å². The Morgan fingerprint density at radius 3 is 2.17 bits per heavy atom. The molecule has 0 aliphatic carbocycles. The van der Waals surface area contributed by atoms with Crippen LogP contribution in [-0.2, 0) is 41.2 Å². The third-order valence-corrected chi connectivity index (χ3v) is 11.8. The van der Waals surface area contributed by atoms with Crippen LogP contribution in [-0.4, -0.2) is 78.3 Å². The Balaban J connectivity index is 1.35. The van der Waals surface area contributed by atoms with E-state index in [1.54, 1.807) is 12.1 Å². The van der Waals surface area contributed by atoms with Crippen LogP contribution in [0.15, 0.2) is 91.0 Å². The number of nitrogens with one attached hydrogen (secondary N) is 2. The molecule has 1 fully saturated rings. The molecule has 286 valence electrons. The highest BCUT2D eigenvalue weighted by atomic mass is 31.2. The number of anilines is 1. The third-order valence-electron chi connectivity index (χ3n) is 9.35. The SMILES string of the molecule is CO[P@](=O)(CCCCNC(=O)[C@@H]1CCCN1C(=O)OCc1ccccc1)CN(C(=O)CCCc1ccccc1)[C@@H](CC(C)C)C(=O)Nc1ccccc1. The van der Waals surface area contributed by atoms with Gasteiger partial charge in [0.25, 0.3) is 0 Å². The van der Waals surface area contributed by atoms with Crippen molar-refractivity contribution in [1.82, 2.24) is 15.1 Å². The number of unbranched alkanes of at least 4 members (excludes halogenated alkanes) is 1. The van der Waals surface area contributed by atoms with Crippen molar-refractivity contribution >= 4 is 36.9 Å². The van der Waals surface area contributed by atoms with Crippen molar-refractivity contribution in [3.63, 3.8) is 0 Å². The van der Waals surface area contributed by atoms with Crippen LogP contribution in [0, 0.1) is 5.92 Å². The van der Waals surface area contributed by atoms with Gasteiger partial charge in [-0.2, -0.15) is 0 Å². The van der Waals surface area contributed by atoms with Crippen molar-refractivity contribution in [2.24, 2.45) is 5.92 Å². The Bertz CT molecular complexity index is 1640. The first-order valence-electron chi connectivity index (χ1n) is 18.7. The van der Waals surface area contributed by atoms with Gasteiger partial charge in [0.2, 0.25) is 25.1 Å². The first-order valence-corrected chi connectivity index (χ1v) is 20.7. The number of benzene rings is 3. The molecule has 3 aromatic rings. The monoisotopic (exact) mass is 746 g/mol. The molecule has 12 heteroatoms. The molecule has 0 spiro atoms. The normalized spacial score (nSPS) is 15.7. The Hall–Kier alpha value is -4.47. The molecule has 0 aromatic heterocycles. The molecular formula is C41H55N4O7P. The van der Waals surface area contributed by atoms with E-state index in [4.69, 9.17) is 9.26 Å². The minimum absolute atomic E-state index is 0.0770. The van der Waals surface area contributed by atoms with Crippen molar-refractivity contribution in [3.05, 3.63) is 102 Å². The van der Waals surface area contributed by atoms with Gasteiger partial charge in [-0.25, -0.2) is 4.79 Å². The number of aryl methyl sites for hydroxylation is 1. The number of nitrogens with zero attached hydrogens (tertiary/aromatic N) is 2. The molecular weight excluding hydrogens is 691 g/mol. The van der Waals surface area contributed by atoms with Gasteiger partial charge in [0.1, 0.15) is 18.7 Å². The molecule has 3 atom stereocenters. The highest BCUT2D eigenvalue weighted by molar-refractivity contribution is 7.58. The zero-order valence-corrected chi connectivity index (χ0v) is 32.2. The van der Waals surface area contributed by atoms with Crippen molar-refractivity contribution in [3.8, 4) is 0 Å². The second-order valence-corrected chi connectivity index (χ2v) is 16.7. The molecule has 0 bridgehead atoms. The van der Waals surface area contributed by atoms with Gasteiger partial charge in [-0.3, -0.25) is 23.8 Å². The number of para-hydroxylation sites is 1. The molecule has 0 unspecified atom stereocenters. The number of rotatable bonds is 20. The van der Waals surface area contributed by atoms with Gasteiger partial charge in [0, 0.05) is 38.5 Å². The molecule has 4 amide bonds. The molecule has 11 nitrogen and oxygen atoms in total. The van der Waals surface area contributed by atoms with Crippen LogP contribution in [0.25, 0.3) is 0 Å². The minimum Gasteiger partial charge on any atom is -0.445 e. The van der Waals surface area contributed by atoms with Gasteiger partial charge < -0.3 is 24.8 Å². The molecule has 3 aromatic carbocycles. The molecule has 4 rings (SSSR count). The maximum Gasteiger partial charge on any atom is 0.410 e. The zero-order chi connectivity index (χ0) is 38.1. The number of likely N-dealkylation sites (tertiary alicyclic amines) is 1. The number of ether oxygens (including phenoxy) is 1. The maximum absolute atomic E-state index is 14.3. The highest BCUT2D eigenvalue weighted by Gasteiger charge is 2.37. The second-order valence-electron chi connectivity index (χ2n) is 14.0. The van der Waals surface area contributed by atoms with E-state index >= 15 is 0 Å². The quantitative estimate of drug-likeness (QED) is 0.0905. The first-order chi connectivity index (χ1) is 25.6. The second kappa shape index (κ2) is 21.3. The lowest BCUT2D eigenvalue weighted by molar-refractivity contribution is -0.138. The minimum atomic E-state index is -3.42. The predicted molar refractivity (Wildman–Crippen MR) is 207 cm³/mol.